The molecule has 1 aliphatic heterocycles. The van der Waals surface area contributed by atoms with Gasteiger partial charge in [0.2, 0.25) is 5.91 Å². The molecule has 0 aromatic rings. The fraction of sp³-hybridized carbons (Fsp3) is 0.941. The molecule has 0 saturated carbocycles. The van der Waals surface area contributed by atoms with Crippen LogP contribution in [0.5, 0.6) is 0 Å². The Balaban J connectivity index is 2.76. The van der Waals surface area contributed by atoms with E-state index >= 15 is 0 Å². The zero-order valence-electron chi connectivity index (χ0n) is 14.9. The molecule has 0 aromatic carbocycles. The van der Waals surface area contributed by atoms with Gasteiger partial charge in [0.05, 0.1) is 12.2 Å². The summed E-state index contributed by atoms with van der Waals surface area (Å²) in [5.74, 6) is 0.855. The number of nitrogens with zero attached hydrogens (tertiary/aromatic N) is 2. The highest BCUT2D eigenvalue weighted by atomic mass is 16.2. The fourth-order valence-corrected chi connectivity index (χ4v) is 3.32. The predicted octanol–water partition coefficient (Wildman–Crippen LogP) is 2.69. The Hall–Kier alpha value is -0.610. The maximum atomic E-state index is 12.8. The van der Waals surface area contributed by atoms with Gasteiger partial charge in [0, 0.05) is 12.6 Å². The lowest BCUT2D eigenvalue weighted by Crippen LogP contribution is -2.48. The van der Waals surface area contributed by atoms with Gasteiger partial charge in [0.15, 0.2) is 0 Å². The highest BCUT2D eigenvalue weighted by Crippen LogP contribution is 2.22. The highest BCUT2D eigenvalue weighted by molar-refractivity contribution is 5.84. The molecule has 1 rings (SSSR count). The average molecular weight is 297 g/mol. The maximum absolute atomic E-state index is 12.8. The number of nitrogens with one attached hydrogen (secondary N) is 1. The van der Waals surface area contributed by atoms with Crippen LogP contribution in [0.1, 0.15) is 60.8 Å². The second-order valence-corrected chi connectivity index (χ2v) is 6.73. The predicted molar refractivity (Wildman–Crippen MR) is 89.2 cm³/mol. The van der Waals surface area contributed by atoms with Crippen molar-refractivity contribution in [2.45, 2.75) is 79.1 Å². The van der Waals surface area contributed by atoms with E-state index in [1.54, 1.807) is 0 Å². The Labute approximate surface area is 131 Å². The number of rotatable bonds is 9. The van der Waals surface area contributed by atoms with Crippen LogP contribution in [0.25, 0.3) is 0 Å². The van der Waals surface area contributed by atoms with Crippen LogP contribution in [-0.2, 0) is 4.79 Å². The summed E-state index contributed by atoms with van der Waals surface area (Å²) >= 11 is 0. The topological polar surface area (TPSA) is 35.6 Å². The Kier molecular flexibility index (Phi) is 7.67. The van der Waals surface area contributed by atoms with Gasteiger partial charge in [-0.1, -0.05) is 41.0 Å². The Morgan fingerprint density at radius 3 is 2.29 bits per heavy atom. The monoisotopic (exact) mass is 297 g/mol. The van der Waals surface area contributed by atoms with E-state index in [9.17, 15) is 4.79 Å². The maximum Gasteiger partial charge on any atom is 0.241 e. The van der Waals surface area contributed by atoms with Gasteiger partial charge in [-0.3, -0.25) is 10.1 Å². The molecule has 1 fully saturated rings. The number of amides is 1. The molecule has 1 heterocycles. The summed E-state index contributed by atoms with van der Waals surface area (Å²) in [5.41, 5.74) is 0. The molecular weight excluding hydrogens is 262 g/mol. The largest absolute Gasteiger partial charge is 0.322 e. The van der Waals surface area contributed by atoms with Crippen molar-refractivity contribution in [3.63, 3.8) is 0 Å². The minimum Gasteiger partial charge on any atom is -0.322 e. The molecule has 0 radical (unpaired) electrons. The van der Waals surface area contributed by atoms with Crippen LogP contribution in [0.3, 0.4) is 0 Å². The van der Waals surface area contributed by atoms with Crippen LogP contribution in [0.4, 0.5) is 0 Å². The lowest BCUT2D eigenvalue weighted by atomic mass is 10.0. The summed E-state index contributed by atoms with van der Waals surface area (Å²) in [7, 11) is 0. The van der Waals surface area contributed by atoms with Gasteiger partial charge in [-0.25, -0.2) is 0 Å². The number of carbonyl (C=O) groups excluding carboxylic acids is 1. The summed E-state index contributed by atoms with van der Waals surface area (Å²) in [6.07, 6.45) is 3.31. The molecule has 3 unspecified atom stereocenters. The van der Waals surface area contributed by atoms with Crippen molar-refractivity contribution in [1.82, 2.24) is 15.1 Å². The van der Waals surface area contributed by atoms with Gasteiger partial charge in [-0.15, -0.1) is 0 Å². The fourth-order valence-electron chi connectivity index (χ4n) is 3.32. The third kappa shape index (κ3) is 4.96. The van der Waals surface area contributed by atoms with E-state index in [1.807, 2.05) is 0 Å². The first kappa shape index (κ1) is 18.4. The van der Waals surface area contributed by atoms with Crippen LogP contribution in [-0.4, -0.2) is 53.6 Å². The van der Waals surface area contributed by atoms with E-state index in [0.29, 0.717) is 11.8 Å². The van der Waals surface area contributed by atoms with Gasteiger partial charge >= 0.3 is 0 Å². The third-order valence-corrected chi connectivity index (χ3v) is 4.44. The van der Waals surface area contributed by atoms with Crippen molar-refractivity contribution in [2.75, 3.05) is 19.6 Å². The first-order chi connectivity index (χ1) is 9.94. The standard InChI is InChI=1S/C17H35N3O/c1-7-10-16-18-15(11-13(4)5)17(21)20(16)14(6)12-19(8-2)9-3/h13-16,18H,7-12H2,1-6H3. The van der Waals surface area contributed by atoms with Crippen LogP contribution in [0, 0.1) is 5.92 Å². The minimum atomic E-state index is 0.0145. The smallest absolute Gasteiger partial charge is 0.241 e. The molecule has 4 nitrogen and oxygen atoms in total. The number of likely N-dealkylation sites (N-methyl/N-ethyl adjacent to an activating group) is 1. The molecule has 0 aromatic heterocycles. The molecule has 0 bridgehead atoms. The van der Waals surface area contributed by atoms with E-state index in [0.717, 1.165) is 38.9 Å². The molecule has 0 spiro atoms. The average Bonchev–Trinajstić information content (AvgIpc) is 2.72. The highest BCUT2D eigenvalue weighted by Gasteiger charge is 2.40. The zero-order valence-corrected chi connectivity index (χ0v) is 14.9. The number of hydrogen-bond donors (Lipinski definition) is 1. The molecule has 1 saturated heterocycles. The van der Waals surface area contributed by atoms with E-state index in [2.05, 4.69) is 56.7 Å². The normalized spacial score (nSPS) is 24.4. The van der Waals surface area contributed by atoms with Gasteiger partial charge in [0.1, 0.15) is 0 Å². The van der Waals surface area contributed by atoms with Crippen molar-refractivity contribution in [3.8, 4) is 0 Å². The van der Waals surface area contributed by atoms with E-state index in [-0.39, 0.29) is 18.2 Å². The van der Waals surface area contributed by atoms with Crippen molar-refractivity contribution in [3.05, 3.63) is 0 Å². The first-order valence-electron chi connectivity index (χ1n) is 8.75. The summed E-state index contributed by atoms with van der Waals surface area (Å²) < 4.78 is 0. The minimum absolute atomic E-state index is 0.0145. The summed E-state index contributed by atoms with van der Waals surface area (Å²) in [6.45, 7) is 16.2. The number of hydrogen-bond acceptors (Lipinski definition) is 3. The second kappa shape index (κ2) is 8.74. The molecular formula is C17H35N3O. The lowest BCUT2D eigenvalue weighted by molar-refractivity contribution is -0.132. The quantitative estimate of drug-likeness (QED) is 0.711. The van der Waals surface area contributed by atoms with Crippen molar-refractivity contribution in [2.24, 2.45) is 5.92 Å². The molecule has 1 amide bonds. The second-order valence-electron chi connectivity index (χ2n) is 6.73. The molecule has 1 aliphatic rings. The van der Waals surface area contributed by atoms with E-state index in [4.69, 9.17) is 0 Å². The Morgan fingerprint density at radius 2 is 1.81 bits per heavy atom. The number of carbonyl (C=O) groups is 1. The van der Waals surface area contributed by atoms with Crippen LogP contribution in [0.15, 0.2) is 0 Å². The Morgan fingerprint density at radius 1 is 1.19 bits per heavy atom. The zero-order chi connectivity index (χ0) is 16.0. The van der Waals surface area contributed by atoms with Gasteiger partial charge in [-0.05, 0) is 38.8 Å². The molecule has 4 heteroatoms. The molecule has 124 valence electrons. The van der Waals surface area contributed by atoms with Crippen molar-refractivity contribution >= 4 is 5.91 Å². The molecule has 1 N–H and O–H groups in total. The Bertz CT molecular complexity index is 315. The van der Waals surface area contributed by atoms with E-state index in [1.165, 1.54) is 0 Å². The summed E-state index contributed by atoms with van der Waals surface area (Å²) in [4.78, 5) is 17.3. The lowest BCUT2D eigenvalue weighted by Gasteiger charge is -2.33. The van der Waals surface area contributed by atoms with Crippen LogP contribution in [0.2, 0.25) is 0 Å². The third-order valence-electron chi connectivity index (χ3n) is 4.44. The first-order valence-corrected chi connectivity index (χ1v) is 8.75. The van der Waals surface area contributed by atoms with Crippen LogP contribution < -0.4 is 5.32 Å². The van der Waals surface area contributed by atoms with Gasteiger partial charge in [-0.2, -0.15) is 0 Å². The molecule has 21 heavy (non-hydrogen) atoms. The van der Waals surface area contributed by atoms with Gasteiger partial charge < -0.3 is 9.80 Å². The summed E-state index contributed by atoms with van der Waals surface area (Å²) in [5, 5.41) is 3.57. The SMILES string of the molecule is CCCC1NC(CC(C)C)C(=O)N1C(C)CN(CC)CC. The van der Waals surface area contributed by atoms with Crippen LogP contribution >= 0.6 is 0 Å². The summed E-state index contributed by atoms with van der Waals surface area (Å²) in [6, 6.07) is 0.291. The van der Waals surface area contributed by atoms with Crippen molar-refractivity contribution < 1.29 is 4.79 Å². The molecule has 0 aliphatic carbocycles. The van der Waals surface area contributed by atoms with Crippen molar-refractivity contribution in [1.29, 1.82) is 0 Å². The van der Waals surface area contributed by atoms with E-state index < -0.39 is 0 Å². The van der Waals surface area contributed by atoms with Gasteiger partial charge in [0.25, 0.3) is 0 Å². The molecule has 3 atom stereocenters.